The Balaban J connectivity index is 1.53. The molecule has 0 saturated carbocycles. The highest BCUT2D eigenvalue weighted by Crippen LogP contribution is 2.27. The summed E-state index contributed by atoms with van der Waals surface area (Å²) < 4.78 is 1.98. The number of carbonyl (C=O) groups is 1. The monoisotopic (exact) mass is 416 g/mol. The van der Waals surface area contributed by atoms with E-state index in [0.29, 0.717) is 17.9 Å². The van der Waals surface area contributed by atoms with Gasteiger partial charge in [-0.3, -0.25) is 19.9 Å². The number of benzene rings is 2. The lowest BCUT2D eigenvalue weighted by atomic mass is 9.98. The van der Waals surface area contributed by atoms with Crippen LogP contribution in [0.25, 0.3) is 0 Å². The fraction of sp³-hybridized carbons (Fsp3) is 0.182. The molecule has 3 aromatic rings. The van der Waals surface area contributed by atoms with E-state index in [-0.39, 0.29) is 11.6 Å². The summed E-state index contributed by atoms with van der Waals surface area (Å²) in [5.74, 6) is -0.864. The van der Waals surface area contributed by atoms with Crippen LogP contribution < -0.4 is 5.01 Å². The number of non-ortho nitro benzene ring substituents is 1. The van der Waals surface area contributed by atoms with Gasteiger partial charge in [-0.2, -0.15) is 10.1 Å². The zero-order chi connectivity index (χ0) is 21.6. The SMILES string of the molecule is O=C1[C@@H](C=NCCCn2ccnc2)C(c2ccccc2)=NN1c1ccc([N+](=O)[O-])cc1. The van der Waals surface area contributed by atoms with Crippen molar-refractivity contribution in [2.24, 2.45) is 16.0 Å². The van der Waals surface area contributed by atoms with Crippen LogP contribution in [0.15, 0.2) is 83.4 Å². The molecule has 1 aromatic heterocycles. The van der Waals surface area contributed by atoms with Gasteiger partial charge in [0.25, 0.3) is 11.6 Å². The van der Waals surface area contributed by atoms with Gasteiger partial charge in [-0.25, -0.2) is 4.98 Å². The molecule has 1 aliphatic heterocycles. The number of rotatable bonds is 8. The van der Waals surface area contributed by atoms with Crippen LogP contribution in [0.2, 0.25) is 0 Å². The summed E-state index contributed by atoms with van der Waals surface area (Å²) in [6.07, 6.45) is 7.85. The van der Waals surface area contributed by atoms with E-state index < -0.39 is 10.8 Å². The van der Waals surface area contributed by atoms with E-state index in [1.807, 2.05) is 41.1 Å². The van der Waals surface area contributed by atoms with Gasteiger partial charge >= 0.3 is 0 Å². The second-order valence-electron chi connectivity index (χ2n) is 6.96. The lowest BCUT2D eigenvalue weighted by Crippen LogP contribution is -2.28. The maximum Gasteiger partial charge on any atom is 0.269 e. The first-order valence-electron chi connectivity index (χ1n) is 9.81. The van der Waals surface area contributed by atoms with Crippen molar-refractivity contribution in [3.05, 3.63) is 89.0 Å². The van der Waals surface area contributed by atoms with Gasteiger partial charge in [0.05, 0.1) is 22.6 Å². The molecule has 2 aromatic carbocycles. The minimum Gasteiger partial charge on any atom is -0.337 e. The number of amides is 1. The van der Waals surface area contributed by atoms with E-state index in [0.717, 1.165) is 18.5 Å². The van der Waals surface area contributed by atoms with E-state index in [1.54, 1.807) is 18.7 Å². The van der Waals surface area contributed by atoms with Crippen molar-refractivity contribution >= 4 is 29.2 Å². The van der Waals surface area contributed by atoms with Crippen LogP contribution in [0.5, 0.6) is 0 Å². The Bertz CT molecular complexity index is 1110. The smallest absolute Gasteiger partial charge is 0.269 e. The average molecular weight is 416 g/mol. The predicted molar refractivity (Wildman–Crippen MR) is 117 cm³/mol. The molecule has 0 bridgehead atoms. The molecular formula is C22H20N6O3. The number of aryl methyl sites for hydroxylation is 1. The highest BCUT2D eigenvalue weighted by atomic mass is 16.6. The van der Waals surface area contributed by atoms with Gasteiger partial charge in [0.2, 0.25) is 0 Å². The standard InChI is InChI=1S/C22H20N6O3/c29-22-20(15-23-11-4-13-26-14-12-24-16-26)21(17-5-2-1-3-6-17)25-27(22)18-7-9-19(10-8-18)28(30)31/h1-3,5-10,12,14-16,20H,4,11,13H2/t20-/m0/s1. The van der Waals surface area contributed by atoms with E-state index in [4.69, 9.17) is 0 Å². The summed E-state index contributed by atoms with van der Waals surface area (Å²) in [6, 6.07) is 15.2. The molecule has 9 heteroatoms. The minimum atomic E-state index is -0.620. The van der Waals surface area contributed by atoms with Crippen LogP contribution in [0.1, 0.15) is 12.0 Å². The third-order valence-electron chi connectivity index (χ3n) is 4.87. The molecule has 156 valence electrons. The summed E-state index contributed by atoms with van der Waals surface area (Å²) in [5, 5.41) is 16.7. The number of anilines is 1. The van der Waals surface area contributed by atoms with Crippen molar-refractivity contribution in [1.29, 1.82) is 0 Å². The summed E-state index contributed by atoms with van der Waals surface area (Å²) in [6.45, 7) is 1.37. The molecule has 0 unspecified atom stereocenters. The first-order valence-corrected chi connectivity index (χ1v) is 9.81. The number of imidazole rings is 1. The molecule has 0 aliphatic carbocycles. The van der Waals surface area contributed by atoms with Crippen molar-refractivity contribution in [1.82, 2.24) is 9.55 Å². The quantitative estimate of drug-likeness (QED) is 0.243. The third kappa shape index (κ3) is 4.55. The van der Waals surface area contributed by atoms with Crippen LogP contribution in [0, 0.1) is 16.0 Å². The number of hydrazone groups is 1. The first-order chi connectivity index (χ1) is 15.1. The topological polar surface area (TPSA) is 106 Å². The predicted octanol–water partition coefficient (Wildman–Crippen LogP) is 3.32. The number of aromatic nitrogens is 2. The number of nitro benzene ring substituents is 1. The van der Waals surface area contributed by atoms with Gasteiger partial charge in [-0.15, -0.1) is 0 Å². The van der Waals surface area contributed by atoms with Gasteiger partial charge in [0.1, 0.15) is 5.92 Å². The third-order valence-corrected chi connectivity index (χ3v) is 4.87. The second kappa shape index (κ2) is 9.12. The molecule has 0 saturated heterocycles. The van der Waals surface area contributed by atoms with Crippen LogP contribution in [-0.4, -0.2) is 38.9 Å². The number of aliphatic imine (C=N–C) groups is 1. The van der Waals surface area contributed by atoms with Gasteiger partial charge in [-0.1, -0.05) is 30.3 Å². The van der Waals surface area contributed by atoms with Crippen LogP contribution in [0.4, 0.5) is 11.4 Å². The molecule has 2 heterocycles. The summed E-state index contributed by atoms with van der Waals surface area (Å²) in [4.78, 5) is 32.0. The molecule has 0 fully saturated rings. The molecule has 0 N–H and O–H groups in total. The second-order valence-corrected chi connectivity index (χ2v) is 6.96. The fourth-order valence-corrected chi connectivity index (χ4v) is 3.29. The van der Waals surface area contributed by atoms with Crippen molar-refractivity contribution in [2.75, 3.05) is 11.6 Å². The average Bonchev–Trinajstić information content (AvgIpc) is 3.42. The lowest BCUT2D eigenvalue weighted by molar-refractivity contribution is -0.384. The van der Waals surface area contributed by atoms with Crippen molar-refractivity contribution in [3.63, 3.8) is 0 Å². The summed E-state index contributed by atoms with van der Waals surface area (Å²) in [5.41, 5.74) is 1.86. The summed E-state index contributed by atoms with van der Waals surface area (Å²) in [7, 11) is 0. The fourth-order valence-electron chi connectivity index (χ4n) is 3.29. The molecule has 0 spiro atoms. The van der Waals surface area contributed by atoms with Crippen LogP contribution in [-0.2, 0) is 11.3 Å². The van der Waals surface area contributed by atoms with Crippen LogP contribution in [0.3, 0.4) is 0 Å². The van der Waals surface area contributed by atoms with Crippen molar-refractivity contribution < 1.29 is 9.72 Å². The Morgan fingerprint density at radius 2 is 1.90 bits per heavy atom. The van der Waals surface area contributed by atoms with Crippen molar-refractivity contribution in [3.8, 4) is 0 Å². The van der Waals surface area contributed by atoms with E-state index in [1.165, 1.54) is 29.3 Å². The van der Waals surface area contributed by atoms with Crippen LogP contribution >= 0.6 is 0 Å². The maximum atomic E-state index is 13.1. The van der Waals surface area contributed by atoms with E-state index in [2.05, 4.69) is 15.1 Å². The van der Waals surface area contributed by atoms with Gasteiger partial charge in [0.15, 0.2) is 0 Å². The molecule has 0 radical (unpaired) electrons. The molecule has 1 aliphatic rings. The number of hydrogen-bond donors (Lipinski definition) is 0. The molecular weight excluding hydrogens is 396 g/mol. The normalized spacial score (nSPS) is 16.1. The van der Waals surface area contributed by atoms with E-state index >= 15 is 0 Å². The Morgan fingerprint density at radius 3 is 2.58 bits per heavy atom. The first kappa shape index (κ1) is 20.1. The molecule has 9 nitrogen and oxygen atoms in total. The Morgan fingerprint density at radius 1 is 1.13 bits per heavy atom. The largest absolute Gasteiger partial charge is 0.337 e. The number of hydrogen-bond acceptors (Lipinski definition) is 6. The lowest BCUT2D eigenvalue weighted by Gasteiger charge is -2.12. The summed E-state index contributed by atoms with van der Waals surface area (Å²) >= 11 is 0. The molecule has 1 amide bonds. The molecule has 4 rings (SSSR count). The van der Waals surface area contributed by atoms with Gasteiger partial charge < -0.3 is 4.57 Å². The highest BCUT2D eigenvalue weighted by Gasteiger charge is 2.36. The van der Waals surface area contributed by atoms with Gasteiger partial charge in [0, 0.05) is 43.8 Å². The van der Waals surface area contributed by atoms with E-state index in [9.17, 15) is 14.9 Å². The number of nitrogens with zero attached hydrogens (tertiary/aromatic N) is 6. The molecule has 1 atom stereocenters. The Kier molecular flexibility index (Phi) is 5.93. The van der Waals surface area contributed by atoms with Gasteiger partial charge in [-0.05, 0) is 24.1 Å². The minimum absolute atomic E-state index is 0.0429. The zero-order valence-electron chi connectivity index (χ0n) is 16.6. The zero-order valence-corrected chi connectivity index (χ0v) is 16.6. The Labute approximate surface area is 178 Å². The molecule has 31 heavy (non-hydrogen) atoms. The number of carbonyl (C=O) groups excluding carboxylic acids is 1. The Hall–Kier alpha value is -4.14. The number of nitro groups is 1. The highest BCUT2D eigenvalue weighted by molar-refractivity contribution is 6.29. The maximum absolute atomic E-state index is 13.1. The van der Waals surface area contributed by atoms with Crippen molar-refractivity contribution in [2.45, 2.75) is 13.0 Å².